The topological polar surface area (TPSA) is 101 Å². The van der Waals surface area contributed by atoms with Crippen LogP contribution in [0.3, 0.4) is 0 Å². The van der Waals surface area contributed by atoms with Gasteiger partial charge in [0.25, 0.3) is 5.69 Å². The Morgan fingerprint density at radius 1 is 1.35 bits per heavy atom. The molecule has 1 aromatic heterocycles. The number of carbonyl (C=O) groups excluding carboxylic acids is 1. The van der Waals surface area contributed by atoms with Crippen molar-refractivity contribution in [2.45, 2.75) is 5.16 Å². The van der Waals surface area contributed by atoms with Gasteiger partial charge in [-0.15, -0.1) is 0 Å². The maximum atomic E-state index is 12.3. The Morgan fingerprint density at radius 3 is 2.81 bits per heavy atom. The Bertz CT molecular complexity index is 986. The zero-order valence-electron chi connectivity index (χ0n) is 14.2. The molecule has 0 saturated heterocycles. The van der Waals surface area contributed by atoms with Crippen LogP contribution in [0, 0.1) is 10.1 Å². The molecule has 3 aromatic rings. The van der Waals surface area contributed by atoms with E-state index in [0.29, 0.717) is 5.69 Å². The molecule has 134 valence electrons. The van der Waals surface area contributed by atoms with Gasteiger partial charge in [0.05, 0.1) is 36.6 Å². The van der Waals surface area contributed by atoms with Crippen molar-refractivity contribution >= 4 is 40.1 Å². The number of nitro benzene ring substituents is 1. The second-order valence-electron chi connectivity index (χ2n) is 5.48. The first kappa shape index (κ1) is 17.7. The molecule has 9 heteroatoms. The third-order valence-electron chi connectivity index (χ3n) is 3.82. The number of hydrogen-bond donors (Lipinski definition) is 2. The number of amides is 1. The van der Waals surface area contributed by atoms with Crippen LogP contribution in [0.25, 0.3) is 11.0 Å². The first-order valence-corrected chi connectivity index (χ1v) is 8.70. The van der Waals surface area contributed by atoms with Crippen molar-refractivity contribution in [3.8, 4) is 5.75 Å². The molecule has 3 rings (SSSR count). The van der Waals surface area contributed by atoms with E-state index in [0.717, 1.165) is 16.2 Å². The number of carbonyl (C=O) groups is 1. The normalized spacial score (nSPS) is 10.7. The lowest BCUT2D eigenvalue weighted by Gasteiger charge is -2.09. The van der Waals surface area contributed by atoms with Crippen LogP contribution in [0.15, 0.2) is 47.6 Å². The smallest absolute Gasteiger partial charge is 0.317 e. The van der Waals surface area contributed by atoms with E-state index < -0.39 is 4.92 Å². The van der Waals surface area contributed by atoms with Gasteiger partial charge >= 0.3 is 5.16 Å². The summed E-state index contributed by atoms with van der Waals surface area (Å²) < 4.78 is 7.11. The van der Waals surface area contributed by atoms with Gasteiger partial charge in [0.2, 0.25) is 5.91 Å². The third kappa shape index (κ3) is 3.62. The molecular formula is C17H17N4O4S+. The van der Waals surface area contributed by atoms with Gasteiger partial charge < -0.3 is 10.1 Å². The average molecular weight is 373 g/mol. The standard InChI is InChI=1S/C17H16N4O4S/c1-20-14-6-4-3-5-12(14)19-17(20)26-10-16(22)18-13-8-7-11(21(23)24)9-15(13)25-2/h3-9H,10H2,1-2H3,(H,18,22)/p+1. The lowest BCUT2D eigenvalue weighted by atomic mass is 10.2. The number of H-pyrrole nitrogens is 1. The van der Waals surface area contributed by atoms with Crippen LogP contribution in [-0.2, 0) is 11.8 Å². The number of benzene rings is 2. The lowest BCUT2D eigenvalue weighted by molar-refractivity contribution is -0.683. The molecule has 0 unspecified atom stereocenters. The van der Waals surface area contributed by atoms with E-state index in [1.807, 2.05) is 35.9 Å². The van der Waals surface area contributed by atoms with Crippen LogP contribution in [0.2, 0.25) is 0 Å². The van der Waals surface area contributed by atoms with E-state index >= 15 is 0 Å². The van der Waals surface area contributed by atoms with Crippen molar-refractivity contribution in [3.63, 3.8) is 0 Å². The first-order valence-electron chi connectivity index (χ1n) is 7.71. The SMILES string of the molecule is COc1cc([N+](=O)[O-])ccc1NC(=O)CSc1[nH]c2ccccc2[n+]1C. The van der Waals surface area contributed by atoms with Gasteiger partial charge in [0.15, 0.2) is 11.0 Å². The molecule has 2 N–H and O–H groups in total. The maximum absolute atomic E-state index is 12.3. The van der Waals surface area contributed by atoms with Crippen LogP contribution in [0.5, 0.6) is 5.75 Å². The van der Waals surface area contributed by atoms with Crippen molar-refractivity contribution in [1.29, 1.82) is 0 Å². The number of thioether (sulfide) groups is 1. The number of anilines is 1. The summed E-state index contributed by atoms with van der Waals surface area (Å²) in [5.41, 5.74) is 2.34. The van der Waals surface area contributed by atoms with Gasteiger partial charge in [-0.25, -0.2) is 9.55 Å². The lowest BCUT2D eigenvalue weighted by Crippen LogP contribution is -2.29. The van der Waals surface area contributed by atoms with E-state index in [9.17, 15) is 14.9 Å². The highest BCUT2D eigenvalue weighted by molar-refractivity contribution is 7.99. The summed E-state index contributed by atoms with van der Waals surface area (Å²) in [7, 11) is 3.33. The summed E-state index contributed by atoms with van der Waals surface area (Å²) in [5.74, 6) is 0.190. The number of nitrogens with zero attached hydrogens (tertiary/aromatic N) is 2. The molecular weight excluding hydrogens is 356 g/mol. The van der Waals surface area contributed by atoms with Gasteiger partial charge in [-0.1, -0.05) is 12.1 Å². The molecule has 0 saturated carbocycles. The fourth-order valence-electron chi connectivity index (χ4n) is 2.53. The number of aromatic nitrogens is 2. The van der Waals surface area contributed by atoms with E-state index in [4.69, 9.17) is 4.74 Å². The van der Waals surface area contributed by atoms with Crippen molar-refractivity contribution in [2.75, 3.05) is 18.2 Å². The molecule has 1 amide bonds. The summed E-state index contributed by atoms with van der Waals surface area (Å²) in [6.07, 6.45) is 0. The zero-order valence-corrected chi connectivity index (χ0v) is 15.0. The van der Waals surface area contributed by atoms with Crippen LogP contribution in [0.4, 0.5) is 11.4 Å². The number of para-hydroxylation sites is 2. The van der Waals surface area contributed by atoms with E-state index in [-0.39, 0.29) is 23.1 Å². The van der Waals surface area contributed by atoms with Crippen LogP contribution in [-0.4, -0.2) is 28.7 Å². The molecule has 0 spiro atoms. The number of aromatic amines is 1. The predicted octanol–water partition coefficient (Wildman–Crippen LogP) is 2.64. The molecule has 0 aliphatic heterocycles. The monoisotopic (exact) mass is 373 g/mol. The quantitative estimate of drug-likeness (QED) is 0.299. The van der Waals surface area contributed by atoms with E-state index in [1.54, 1.807) is 0 Å². The summed E-state index contributed by atoms with van der Waals surface area (Å²) in [6, 6.07) is 11.9. The minimum atomic E-state index is -0.514. The molecule has 1 heterocycles. The van der Waals surface area contributed by atoms with Crippen LogP contribution in [0.1, 0.15) is 0 Å². The fraction of sp³-hybridized carbons (Fsp3) is 0.176. The number of ether oxygens (including phenoxy) is 1. The number of aryl methyl sites for hydroxylation is 1. The fourth-order valence-corrected chi connectivity index (χ4v) is 3.34. The molecule has 8 nitrogen and oxygen atoms in total. The molecule has 0 atom stereocenters. The summed E-state index contributed by atoms with van der Waals surface area (Å²) in [5, 5.41) is 14.4. The van der Waals surface area contributed by atoms with Gasteiger partial charge in [0.1, 0.15) is 5.75 Å². The van der Waals surface area contributed by atoms with Crippen molar-refractivity contribution in [1.82, 2.24) is 4.98 Å². The molecule has 0 aliphatic rings. The molecule has 0 radical (unpaired) electrons. The molecule has 2 aromatic carbocycles. The van der Waals surface area contributed by atoms with Crippen molar-refractivity contribution in [3.05, 3.63) is 52.6 Å². The Labute approximate surface area is 153 Å². The van der Waals surface area contributed by atoms with Crippen molar-refractivity contribution < 1.29 is 19.0 Å². The number of nitrogens with one attached hydrogen (secondary N) is 2. The minimum absolute atomic E-state index is 0.0978. The number of fused-ring (bicyclic) bond motifs is 1. The summed E-state index contributed by atoms with van der Waals surface area (Å²) >= 11 is 1.37. The number of non-ortho nitro benzene ring substituents is 1. The number of methoxy groups -OCH3 is 1. The zero-order chi connectivity index (χ0) is 18.7. The Morgan fingerprint density at radius 2 is 2.12 bits per heavy atom. The predicted molar refractivity (Wildman–Crippen MR) is 98.5 cm³/mol. The van der Waals surface area contributed by atoms with Gasteiger partial charge in [0, 0.05) is 6.07 Å². The summed E-state index contributed by atoms with van der Waals surface area (Å²) in [6.45, 7) is 0. The Balaban J connectivity index is 1.69. The number of nitro groups is 1. The van der Waals surface area contributed by atoms with E-state index in [1.165, 1.54) is 37.1 Å². The first-order chi connectivity index (χ1) is 12.5. The number of hydrogen-bond acceptors (Lipinski definition) is 5. The van der Waals surface area contributed by atoms with E-state index in [2.05, 4.69) is 10.3 Å². The largest absolute Gasteiger partial charge is 0.494 e. The highest BCUT2D eigenvalue weighted by atomic mass is 32.2. The van der Waals surface area contributed by atoms with Crippen LogP contribution < -0.4 is 14.6 Å². The Hall–Kier alpha value is -3.07. The number of rotatable bonds is 6. The average Bonchev–Trinajstić information content (AvgIpc) is 2.96. The third-order valence-corrected chi connectivity index (χ3v) is 4.88. The maximum Gasteiger partial charge on any atom is 0.317 e. The van der Waals surface area contributed by atoms with Crippen molar-refractivity contribution in [2.24, 2.45) is 7.05 Å². The Kier molecular flexibility index (Phi) is 5.08. The van der Waals surface area contributed by atoms with Gasteiger partial charge in [-0.05, 0) is 30.0 Å². The number of imidazole rings is 1. The van der Waals surface area contributed by atoms with Crippen LogP contribution >= 0.6 is 11.8 Å². The highest BCUT2D eigenvalue weighted by Gasteiger charge is 2.18. The molecule has 26 heavy (non-hydrogen) atoms. The highest BCUT2D eigenvalue weighted by Crippen LogP contribution is 2.29. The van der Waals surface area contributed by atoms with Gasteiger partial charge in [-0.3, -0.25) is 14.9 Å². The second-order valence-corrected chi connectivity index (χ2v) is 6.45. The second kappa shape index (κ2) is 7.44. The molecule has 0 fully saturated rings. The minimum Gasteiger partial charge on any atom is -0.494 e. The van der Waals surface area contributed by atoms with Gasteiger partial charge in [-0.2, -0.15) is 0 Å². The molecule has 0 bridgehead atoms. The molecule has 0 aliphatic carbocycles. The summed E-state index contributed by atoms with van der Waals surface area (Å²) in [4.78, 5) is 25.8.